The first kappa shape index (κ1) is 12.0. The SMILES string of the molecule is FC(F)(F)c1ccc(C2CCC3CCC2N3)cc1. The summed E-state index contributed by atoms with van der Waals surface area (Å²) >= 11 is 0. The van der Waals surface area contributed by atoms with E-state index in [9.17, 15) is 13.2 Å². The lowest BCUT2D eigenvalue weighted by Crippen LogP contribution is -2.39. The Hall–Kier alpha value is -1.03. The van der Waals surface area contributed by atoms with Gasteiger partial charge in [-0.1, -0.05) is 12.1 Å². The van der Waals surface area contributed by atoms with Crippen molar-refractivity contribution in [1.29, 1.82) is 0 Å². The van der Waals surface area contributed by atoms with Crippen LogP contribution in [0.4, 0.5) is 13.2 Å². The predicted octanol–water partition coefficient (Wildman–Crippen LogP) is 3.70. The quantitative estimate of drug-likeness (QED) is 0.806. The molecule has 0 radical (unpaired) electrons. The Morgan fingerprint density at radius 2 is 1.61 bits per heavy atom. The van der Waals surface area contributed by atoms with E-state index in [-0.39, 0.29) is 0 Å². The highest BCUT2D eigenvalue weighted by Gasteiger charge is 2.36. The van der Waals surface area contributed by atoms with Crippen LogP contribution in [0.25, 0.3) is 0 Å². The second kappa shape index (κ2) is 4.26. The van der Waals surface area contributed by atoms with Gasteiger partial charge >= 0.3 is 6.18 Å². The van der Waals surface area contributed by atoms with Crippen molar-refractivity contribution in [1.82, 2.24) is 5.32 Å². The average Bonchev–Trinajstić information content (AvgIpc) is 2.71. The third kappa shape index (κ3) is 2.14. The van der Waals surface area contributed by atoms with Gasteiger partial charge in [0.1, 0.15) is 0 Å². The summed E-state index contributed by atoms with van der Waals surface area (Å²) in [5, 5.41) is 3.56. The summed E-state index contributed by atoms with van der Waals surface area (Å²) in [5.41, 5.74) is 0.486. The second-order valence-electron chi connectivity index (χ2n) is 5.35. The molecule has 3 rings (SSSR count). The molecule has 18 heavy (non-hydrogen) atoms. The molecule has 1 N–H and O–H groups in total. The first-order valence-electron chi connectivity index (χ1n) is 6.47. The van der Waals surface area contributed by atoms with Crippen molar-refractivity contribution in [2.75, 3.05) is 0 Å². The summed E-state index contributed by atoms with van der Waals surface area (Å²) in [5.74, 6) is 0.381. The maximum Gasteiger partial charge on any atom is 0.416 e. The standard InChI is InChI=1S/C14H16F3N/c15-14(16,17)10-3-1-9(2-4-10)12-7-5-11-6-8-13(12)18-11/h1-4,11-13,18H,5-8H2. The van der Waals surface area contributed by atoms with Crippen LogP contribution in [-0.4, -0.2) is 12.1 Å². The van der Waals surface area contributed by atoms with Crippen LogP contribution in [0.15, 0.2) is 24.3 Å². The van der Waals surface area contributed by atoms with Gasteiger partial charge < -0.3 is 5.32 Å². The highest BCUT2D eigenvalue weighted by molar-refractivity contribution is 5.29. The molecule has 1 nitrogen and oxygen atoms in total. The van der Waals surface area contributed by atoms with Crippen molar-refractivity contribution < 1.29 is 13.2 Å². The van der Waals surface area contributed by atoms with Crippen LogP contribution in [0.1, 0.15) is 42.7 Å². The Labute approximate surface area is 104 Å². The van der Waals surface area contributed by atoms with E-state index >= 15 is 0 Å². The van der Waals surface area contributed by atoms with Crippen molar-refractivity contribution in [3.8, 4) is 0 Å². The van der Waals surface area contributed by atoms with Crippen molar-refractivity contribution in [2.45, 2.75) is 49.9 Å². The van der Waals surface area contributed by atoms with Gasteiger partial charge in [-0.15, -0.1) is 0 Å². The number of alkyl halides is 3. The fourth-order valence-corrected chi connectivity index (χ4v) is 3.30. The van der Waals surface area contributed by atoms with Gasteiger partial charge in [0.05, 0.1) is 5.56 Å². The smallest absolute Gasteiger partial charge is 0.311 e. The maximum absolute atomic E-state index is 12.5. The molecule has 2 heterocycles. The second-order valence-corrected chi connectivity index (χ2v) is 5.35. The molecule has 2 saturated heterocycles. The van der Waals surface area contributed by atoms with E-state index in [4.69, 9.17) is 0 Å². The van der Waals surface area contributed by atoms with E-state index < -0.39 is 11.7 Å². The minimum atomic E-state index is -4.23. The zero-order valence-electron chi connectivity index (χ0n) is 10.0. The first-order valence-corrected chi connectivity index (χ1v) is 6.47. The summed E-state index contributed by atoms with van der Waals surface area (Å²) in [6.45, 7) is 0. The van der Waals surface area contributed by atoms with Crippen LogP contribution in [0.3, 0.4) is 0 Å². The van der Waals surface area contributed by atoms with Gasteiger partial charge in [-0.2, -0.15) is 13.2 Å². The van der Waals surface area contributed by atoms with E-state index in [1.165, 1.54) is 18.6 Å². The zero-order valence-corrected chi connectivity index (χ0v) is 10.0. The Morgan fingerprint density at radius 3 is 2.28 bits per heavy atom. The van der Waals surface area contributed by atoms with Crippen molar-refractivity contribution >= 4 is 0 Å². The van der Waals surface area contributed by atoms with E-state index in [1.54, 1.807) is 12.1 Å². The van der Waals surface area contributed by atoms with Gasteiger partial charge in [0.25, 0.3) is 0 Å². The highest BCUT2D eigenvalue weighted by Crippen LogP contribution is 2.38. The Kier molecular flexibility index (Phi) is 2.85. The van der Waals surface area contributed by atoms with Crippen LogP contribution < -0.4 is 5.32 Å². The number of hydrogen-bond acceptors (Lipinski definition) is 1. The fraction of sp³-hybridized carbons (Fsp3) is 0.571. The van der Waals surface area contributed by atoms with Crippen molar-refractivity contribution in [2.24, 2.45) is 0 Å². The lowest BCUT2D eigenvalue weighted by atomic mass is 9.85. The number of halogens is 3. The Balaban J connectivity index is 1.80. The largest absolute Gasteiger partial charge is 0.416 e. The summed E-state index contributed by atoms with van der Waals surface area (Å²) in [4.78, 5) is 0. The van der Waals surface area contributed by atoms with Crippen molar-refractivity contribution in [3.63, 3.8) is 0 Å². The third-order valence-electron chi connectivity index (χ3n) is 4.25. The molecule has 2 aliphatic rings. The van der Waals surface area contributed by atoms with Crippen LogP contribution in [0.5, 0.6) is 0 Å². The Bertz CT molecular complexity index is 424. The number of nitrogens with one attached hydrogen (secondary N) is 1. The number of hydrogen-bond donors (Lipinski definition) is 1. The molecule has 0 aliphatic carbocycles. The minimum Gasteiger partial charge on any atom is -0.311 e. The zero-order chi connectivity index (χ0) is 12.8. The highest BCUT2D eigenvalue weighted by atomic mass is 19.4. The molecule has 2 aliphatic heterocycles. The van der Waals surface area contributed by atoms with Gasteiger partial charge in [0, 0.05) is 12.1 Å². The molecule has 1 aromatic carbocycles. The number of fused-ring (bicyclic) bond motifs is 2. The summed E-state index contributed by atoms with van der Waals surface area (Å²) in [7, 11) is 0. The molecule has 2 fully saturated rings. The molecule has 2 bridgehead atoms. The molecule has 98 valence electrons. The molecule has 0 amide bonds. The lowest BCUT2D eigenvalue weighted by Gasteiger charge is -2.30. The molecular weight excluding hydrogens is 239 g/mol. The molecular formula is C14H16F3N. The molecule has 1 aromatic rings. The Morgan fingerprint density at radius 1 is 0.944 bits per heavy atom. The minimum absolute atomic E-state index is 0.381. The maximum atomic E-state index is 12.5. The summed E-state index contributed by atoms with van der Waals surface area (Å²) < 4.78 is 37.5. The van der Waals surface area contributed by atoms with E-state index in [1.807, 2.05) is 0 Å². The average molecular weight is 255 g/mol. The van der Waals surface area contributed by atoms with E-state index in [2.05, 4.69) is 5.32 Å². The van der Waals surface area contributed by atoms with E-state index in [0.29, 0.717) is 18.0 Å². The summed E-state index contributed by atoms with van der Waals surface area (Å²) in [6.07, 6.45) is 0.357. The topological polar surface area (TPSA) is 12.0 Å². The van der Waals surface area contributed by atoms with Crippen molar-refractivity contribution in [3.05, 3.63) is 35.4 Å². The molecule has 0 aromatic heterocycles. The monoisotopic (exact) mass is 255 g/mol. The number of rotatable bonds is 1. The van der Waals surface area contributed by atoms with Gasteiger partial charge in [0.2, 0.25) is 0 Å². The summed E-state index contributed by atoms with van der Waals surface area (Å²) in [6, 6.07) is 6.80. The van der Waals surface area contributed by atoms with Gasteiger partial charge in [-0.05, 0) is 49.3 Å². The van der Waals surface area contributed by atoms with E-state index in [0.717, 1.165) is 24.8 Å². The fourth-order valence-electron chi connectivity index (χ4n) is 3.30. The third-order valence-corrected chi connectivity index (χ3v) is 4.25. The molecule has 0 spiro atoms. The van der Waals surface area contributed by atoms with Crippen LogP contribution in [0.2, 0.25) is 0 Å². The normalized spacial score (nSPS) is 31.6. The van der Waals surface area contributed by atoms with Gasteiger partial charge in [-0.25, -0.2) is 0 Å². The molecule has 3 unspecified atom stereocenters. The molecule has 0 saturated carbocycles. The van der Waals surface area contributed by atoms with Crippen LogP contribution >= 0.6 is 0 Å². The number of piperidine rings is 1. The predicted molar refractivity (Wildman–Crippen MR) is 63.4 cm³/mol. The van der Waals surface area contributed by atoms with Crippen LogP contribution in [-0.2, 0) is 6.18 Å². The molecule has 3 atom stereocenters. The van der Waals surface area contributed by atoms with Gasteiger partial charge in [-0.3, -0.25) is 0 Å². The lowest BCUT2D eigenvalue weighted by molar-refractivity contribution is -0.137. The van der Waals surface area contributed by atoms with Crippen LogP contribution in [0, 0.1) is 0 Å². The van der Waals surface area contributed by atoms with Gasteiger partial charge in [0.15, 0.2) is 0 Å². The molecule has 4 heteroatoms. The first-order chi connectivity index (χ1) is 8.54. The number of benzene rings is 1.